The van der Waals surface area contributed by atoms with E-state index in [1.165, 1.54) is 6.92 Å². The number of ether oxygens (including phenoxy) is 1. The van der Waals surface area contributed by atoms with E-state index in [0.29, 0.717) is 22.7 Å². The maximum atomic E-state index is 12.3. The molecule has 0 bridgehead atoms. The summed E-state index contributed by atoms with van der Waals surface area (Å²) in [6.45, 7) is 1.44. The fourth-order valence-corrected chi connectivity index (χ4v) is 2.29. The molecule has 0 fully saturated rings. The Bertz CT molecular complexity index is 897. The molecule has 0 radical (unpaired) electrons. The van der Waals surface area contributed by atoms with Crippen molar-refractivity contribution in [3.8, 4) is 5.75 Å². The van der Waals surface area contributed by atoms with Crippen LogP contribution in [-0.2, 0) is 4.79 Å². The van der Waals surface area contributed by atoms with Crippen molar-refractivity contribution in [2.75, 3.05) is 17.7 Å². The molecular formula is C18H16N2O4. The second kappa shape index (κ2) is 6.45. The van der Waals surface area contributed by atoms with Gasteiger partial charge in [0.25, 0.3) is 5.91 Å². The Morgan fingerprint density at radius 1 is 0.958 bits per heavy atom. The van der Waals surface area contributed by atoms with Crippen LogP contribution in [-0.4, -0.2) is 18.9 Å². The zero-order valence-corrected chi connectivity index (χ0v) is 13.3. The third kappa shape index (κ3) is 3.38. The molecule has 0 unspecified atom stereocenters. The Labute approximate surface area is 138 Å². The predicted octanol–water partition coefficient (Wildman–Crippen LogP) is 3.65. The Hall–Kier alpha value is -3.28. The lowest BCUT2D eigenvalue weighted by atomic mass is 10.2. The van der Waals surface area contributed by atoms with Crippen LogP contribution in [0.2, 0.25) is 0 Å². The van der Waals surface area contributed by atoms with Gasteiger partial charge in [0.15, 0.2) is 5.76 Å². The third-order valence-electron chi connectivity index (χ3n) is 3.41. The number of hydrogen-bond acceptors (Lipinski definition) is 4. The summed E-state index contributed by atoms with van der Waals surface area (Å²) in [5.74, 6) is 0.412. The summed E-state index contributed by atoms with van der Waals surface area (Å²) < 4.78 is 10.7. The van der Waals surface area contributed by atoms with E-state index < -0.39 is 0 Å². The number of rotatable bonds is 4. The number of nitrogens with one attached hydrogen (secondary N) is 2. The first kappa shape index (κ1) is 15.6. The average Bonchev–Trinajstić information content (AvgIpc) is 2.99. The van der Waals surface area contributed by atoms with Crippen molar-refractivity contribution in [1.29, 1.82) is 0 Å². The van der Waals surface area contributed by atoms with Gasteiger partial charge in [0.2, 0.25) is 5.91 Å². The molecule has 2 aromatic carbocycles. The number of anilines is 2. The van der Waals surface area contributed by atoms with Crippen molar-refractivity contribution >= 4 is 34.2 Å². The van der Waals surface area contributed by atoms with Crippen molar-refractivity contribution in [2.45, 2.75) is 6.92 Å². The van der Waals surface area contributed by atoms with Gasteiger partial charge in [-0.05, 0) is 48.5 Å². The molecule has 1 aromatic heterocycles. The van der Waals surface area contributed by atoms with E-state index in [9.17, 15) is 9.59 Å². The van der Waals surface area contributed by atoms with Gasteiger partial charge >= 0.3 is 0 Å². The van der Waals surface area contributed by atoms with E-state index in [-0.39, 0.29) is 17.6 Å². The third-order valence-corrected chi connectivity index (χ3v) is 3.41. The predicted molar refractivity (Wildman–Crippen MR) is 91.5 cm³/mol. The van der Waals surface area contributed by atoms with Crippen molar-refractivity contribution in [1.82, 2.24) is 0 Å². The molecule has 2 amide bonds. The molecule has 2 N–H and O–H groups in total. The smallest absolute Gasteiger partial charge is 0.291 e. The summed E-state index contributed by atoms with van der Waals surface area (Å²) in [5, 5.41) is 6.21. The number of benzene rings is 2. The molecule has 6 heteroatoms. The highest BCUT2D eigenvalue weighted by molar-refractivity contribution is 6.04. The number of hydrogen-bond donors (Lipinski definition) is 2. The zero-order chi connectivity index (χ0) is 17.1. The molecule has 0 saturated heterocycles. The summed E-state index contributed by atoms with van der Waals surface area (Å²) in [6.07, 6.45) is 0. The van der Waals surface area contributed by atoms with Gasteiger partial charge in [-0.2, -0.15) is 0 Å². The zero-order valence-electron chi connectivity index (χ0n) is 13.3. The first-order valence-corrected chi connectivity index (χ1v) is 7.32. The van der Waals surface area contributed by atoms with Crippen LogP contribution >= 0.6 is 0 Å². The number of fused-ring (bicyclic) bond motifs is 1. The van der Waals surface area contributed by atoms with Gasteiger partial charge < -0.3 is 19.8 Å². The number of methoxy groups -OCH3 is 1. The van der Waals surface area contributed by atoms with Crippen molar-refractivity contribution < 1.29 is 18.7 Å². The van der Waals surface area contributed by atoms with Crippen molar-refractivity contribution in [3.05, 3.63) is 54.3 Å². The van der Waals surface area contributed by atoms with Crippen LogP contribution < -0.4 is 15.4 Å². The molecule has 3 aromatic rings. The molecule has 0 saturated carbocycles. The van der Waals surface area contributed by atoms with Crippen LogP contribution in [0.25, 0.3) is 11.0 Å². The average molecular weight is 324 g/mol. The molecule has 0 aliphatic rings. The van der Waals surface area contributed by atoms with Gasteiger partial charge in [-0.25, -0.2) is 0 Å². The minimum atomic E-state index is -0.350. The van der Waals surface area contributed by atoms with Crippen LogP contribution in [0.3, 0.4) is 0 Å². The highest BCUT2D eigenvalue weighted by Crippen LogP contribution is 2.25. The molecule has 0 aliphatic carbocycles. The monoisotopic (exact) mass is 324 g/mol. The lowest BCUT2D eigenvalue weighted by Crippen LogP contribution is -2.11. The van der Waals surface area contributed by atoms with Gasteiger partial charge in [0.05, 0.1) is 7.11 Å². The Morgan fingerprint density at radius 3 is 2.25 bits per heavy atom. The topological polar surface area (TPSA) is 80.6 Å². The first-order valence-electron chi connectivity index (χ1n) is 7.32. The number of carbonyl (C=O) groups is 2. The Balaban J connectivity index is 1.75. The normalized spacial score (nSPS) is 10.4. The summed E-state index contributed by atoms with van der Waals surface area (Å²) in [6, 6.07) is 13.8. The van der Waals surface area contributed by atoms with Gasteiger partial charge in [-0.1, -0.05) is 0 Å². The van der Waals surface area contributed by atoms with Gasteiger partial charge in [-0.15, -0.1) is 0 Å². The fourth-order valence-electron chi connectivity index (χ4n) is 2.29. The minimum Gasteiger partial charge on any atom is -0.497 e. The van der Waals surface area contributed by atoms with E-state index in [4.69, 9.17) is 9.15 Å². The highest BCUT2D eigenvalue weighted by atomic mass is 16.5. The lowest BCUT2D eigenvalue weighted by molar-refractivity contribution is -0.114. The summed E-state index contributed by atoms with van der Waals surface area (Å²) in [5.41, 5.74) is 1.88. The van der Waals surface area contributed by atoms with Crippen LogP contribution in [0.1, 0.15) is 17.5 Å². The van der Waals surface area contributed by atoms with E-state index in [2.05, 4.69) is 10.6 Å². The molecule has 0 aliphatic heterocycles. The van der Waals surface area contributed by atoms with E-state index in [1.54, 1.807) is 55.6 Å². The molecule has 0 spiro atoms. The first-order chi connectivity index (χ1) is 11.5. The Kier molecular flexibility index (Phi) is 4.20. The summed E-state index contributed by atoms with van der Waals surface area (Å²) in [4.78, 5) is 23.3. The highest BCUT2D eigenvalue weighted by Gasteiger charge is 2.13. The van der Waals surface area contributed by atoms with Crippen LogP contribution in [0, 0.1) is 0 Å². The van der Waals surface area contributed by atoms with Gasteiger partial charge in [0.1, 0.15) is 11.3 Å². The number of carbonyl (C=O) groups excluding carboxylic acids is 2. The quantitative estimate of drug-likeness (QED) is 0.767. The van der Waals surface area contributed by atoms with E-state index in [1.807, 2.05) is 0 Å². The summed E-state index contributed by atoms with van der Waals surface area (Å²) >= 11 is 0. The van der Waals surface area contributed by atoms with Crippen LogP contribution in [0.15, 0.2) is 52.9 Å². The molecule has 122 valence electrons. The van der Waals surface area contributed by atoms with Crippen LogP contribution in [0.4, 0.5) is 11.4 Å². The van der Waals surface area contributed by atoms with Crippen molar-refractivity contribution in [2.24, 2.45) is 0 Å². The molecule has 3 rings (SSSR count). The minimum absolute atomic E-state index is 0.149. The molecule has 24 heavy (non-hydrogen) atoms. The van der Waals surface area contributed by atoms with Crippen molar-refractivity contribution in [3.63, 3.8) is 0 Å². The largest absolute Gasteiger partial charge is 0.497 e. The number of amides is 2. The van der Waals surface area contributed by atoms with Gasteiger partial charge in [-0.3, -0.25) is 9.59 Å². The SMILES string of the molecule is COc1ccc2oc(C(=O)Nc3ccc(NC(C)=O)cc3)cc2c1. The van der Waals surface area contributed by atoms with Gasteiger partial charge in [0, 0.05) is 23.7 Å². The molecule has 1 heterocycles. The van der Waals surface area contributed by atoms with Crippen LogP contribution in [0.5, 0.6) is 5.75 Å². The maximum Gasteiger partial charge on any atom is 0.291 e. The molecular weight excluding hydrogens is 308 g/mol. The maximum absolute atomic E-state index is 12.3. The Morgan fingerprint density at radius 2 is 1.62 bits per heavy atom. The van der Waals surface area contributed by atoms with E-state index in [0.717, 1.165) is 5.39 Å². The standard InChI is InChI=1S/C18H16N2O4/c1-11(21)19-13-3-5-14(6-4-13)20-18(22)17-10-12-9-15(23-2)7-8-16(12)24-17/h3-10H,1-2H3,(H,19,21)(H,20,22). The second-order valence-electron chi connectivity index (χ2n) is 5.23. The summed E-state index contributed by atoms with van der Waals surface area (Å²) in [7, 11) is 1.58. The molecule has 6 nitrogen and oxygen atoms in total. The lowest BCUT2D eigenvalue weighted by Gasteiger charge is -2.05. The second-order valence-corrected chi connectivity index (χ2v) is 5.23. The number of furan rings is 1. The fraction of sp³-hybridized carbons (Fsp3) is 0.111. The molecule has 0 atom stereocenters. The van der Waals surface area contributed by atoms with E-state index >= 15 is 0 Å².